The van der Waals surface area contributed by atoms with Crippen molar-refractivity contribution in [1.29, 1.82) is 0 Å². The second kappa shape index (κ2) is 4.68. The Hall–Kier alpha value is -0.660. The predicted molar refractivity (Wildman–Crippen MR) is 65.3 cm³/mol. The molecule has 16 heavy (non-hydrogen) atoms. The Balaban J connectivity index is 2.18. The molecular weight excluding hydrogens is 294 g/mol. The maximum Gasteiger partial charge on any atom is 0.302 e. The molecule has 0 aromatic carbocycles. The third-order valence-corrected chi connectivity index (χ3v) is 4.53. The average molecular weight is 306 g/mol. The summed E-state index contributed by atoms with van der Waals surface area (Å²) >= 11 is 3.25. The monoisotopic (exact) mass is 305 g/mol. The molecule has 0 amide bonds. The minimum atomic E-state index is -3.44. The van der Waals surface area contributed by atoms with Crippen LogP contribution in [0.3, 0.4) is 0 Å². The molecule has 1 N–H and O–H groups in total. The highest BCUT2D eigenvalue weighted by molar-refractivity contribution is 9.10. The maximum atomic E-state index is 11.9. The van der Waals surface area contributed by atoms with Crippen LogP contribution in [0.2, 0.25) is 0 Å². The van der Waals surface area contributed by atoms with Crippen LogP contribution in [0.4, 0.5) is 5.82 Å². The van der Waals surface area contributed by atoms with Crippen LogP contribution in [0, 0.1) is 0 Å². The van der Waals surface area contributed by atoms with Crippen LogP contribution in [0.25, 0.3) is 0 Å². The quantitative estimate of drug-likeness (QED) is 0.922. The van der Waals surface area contributed by atoms with Gasteiger partial charge in [-0.1, -0.05) is 0 Å². The summed E-state index contributed by atoms with van der Waals surface area (Å²) in [6, 6.07) is 3.48. The van der Waals surface area contributed by atoms with Gasteiger partial charge < -0.3 is 0 Å². The molecule has 1 aliphatic heterocycles. The first kappa shape index (κ1) is 11.8. The van der Waals surface area contributed by atoms with Gasteiger partial charge in [0.2, 0.25) is 0 Å². The summed E-state index contributed by atoms with van der Waals surface area (Å²) < 4.78 is 28.4. The molecule has 1 aliphatic rings. The molecule has 0 unspecified atom stereocenters. The first-order valence-electron chi connectivity index (χ1n) is 4.98. The van der Waals surface area contributed by atoms with Gasteiger partial charge >= 0.3 is 10.2 Å². The molecule has 5 nitrogen and oxygen atoms in total. The van der Waals surface area contributed by atoms with E-state index in [2.05, 4.69) is 25.6 Å². The normalized spacial score (nSPS) is 17.6. The highest BCUT2D eigenvalue weighted by Gasteiger charge is 2.25. The molecule has 2 heterocycles. The predicted octanol–water partition coefficient (Wildman–Crippen LogP) is 1.60. The van der Waals surface area contributed by atoms with E-state index in [1.165, 1.54) is 4.31 Å². The summed E-state index contributed by atoms with van der Waals surface area (Å²) in [6.45, 7) is 1.17. The molecule has 1 fully saturated rings. The van der Waals surface area contributed by atoms with E-state index in [4.69, 9.17) is 0 Å². The average Bonchev–Trinajstić information content (AvgIpc) is 2.75. The minimum Gasteiger partial charge on any atom is -0.254 e. The number of rotatable bonds is 3. The van der Waals surface area contributed by atoms with Crippen LogP contribution >= 0.6 is 15.9 Å². The molecule has 7 heteroatoms. The first-order chi connectivity index (χ1) is 7.59. The first-order valence-corrected chi connectivity index (χ1v) is 7.21. The van der Waals surface area contributed by atoms with E-state index in [1.807, 2.05) is 0 Å². The Morgan fingerprint density at radius 3 is 2.69 bits per heavy atom. The van der Waals surface area contributed by atoms with Crippen molar-refractivity contribution in [2.24, 2.45) is 0 Å². The largest absolute Gasteiger partial charge is 0.302 e. The van der Waals surface area contributed by atoms with E-state index in [9.17, 15) is 8.42 Å². The molecule has 0 aliphatic carbocycles. The summed E-state index contributed by atoms with van der Waals surface area (Å²) in [7, 11) is -3.44. The number of nitrogens with one attached hydrogen (secondary N) is 1. The molecule has 1 aromatic rings. The lowest BCUT2D eigenvalue weighted by atomic mass is 10.4. The van der Waals surface area contributed by atoms with E-state index in [1.54, 1.807) is 18.3 Å². The number of hydrogen-bond acceptors (Lipinski definition) is 3. The summed E-state index contributed by atoms with van der Waals surface area (Å²) in [5.41, 5.74) is 0. The fourth-order valence-corrected chi connectivity index (χ4v) is 3.34. The zero-order valence-electron chi connectivity index (χ0n) is 8.56. The van der Waals surface area contributed by atoms with Gasteiger partial charge in [-0.2, -0.15) is 12.7 Å². The fourth-order valence-electron chi connectivity index (χ4n) is 1.58. The third kappa shape index (κ3) is 2.53. The second-order valence-corrected chi connectivity index (χ2v) is 6.07. The molecule has 0 atom stereocenters. The van der Waals surface area contributed by atoms with Crippen molar-refractivity contribution in [3.05, 3.63) is 22.8 Å². The standard InChI is InChI=1S/C9H12BrN3O2S/c10-8-4-3-5-11-9(8)12-16(14,15)13-6-1-2-7-13/h3-5H,1-2,6-7H2,(H,11,12). The Kier molecular flexibility index (Phi) is 3.46. The second-order valence-electron chi connectivity index (χ2n) is 3.55. The number of nitrogens with zero attached hydrogens (tertiary/aromatic N) is 2. The maximum absolute atomic E-state index is 11.9. The van der Waals surface area contributed by atoms with E-state index in [0.29, 0.717) is 23.4 Å². The van der Waals surface area contributed by atoms with Crippen molar-refractivity contribution in [2.75, 3.05) is 17.8 Å². The van der Waals surface area contributed by atoms with Gasteiger partial charge in [-0.05, 0) is 40.9 Å². The van der Waals surface area contributed by atoms with E-state index in [0.717, 1.165) is 12.8 Å². The topological polar surface area (TPSA) is 62.3 Å². The van der Waals surface area contributed by atoms with Crippen LogP contribution in [0.1, 0.15) is 12.8 Å². The molecule has 0 radical (unpaired) electrons. The fraction of sp³-hybridized carbons (Fsp3) is 0.444. The van der Waals surface area contributed by atoms with Crippen molar-refractivity contribution in [2.45, 2.75) is 12.8 Å². The number of hydrogen-bond donors (Lipinski definition) is 1. The molecule has 0 saturated carbocycles. The van der Waals surface area contributed by atoms with Gasteiger partial charge in [0.15, 0.2) is 5.82 Å². The highest BCUT2D eigenvalue weighted by atomic mass is 79.9. The summed E-state index contributed by atoms with van der Waals surface area (Å²) in [5.74, 6) is 0.328. The number of anilines is 1. The van der Waals surface area contributed by atoms with Crippen LogP contribution in [0.15, 0.2) is 22.8 Å². The van der Waals surface area contributed by atoms with Crippen LogP contribution < -0.4 is 4.72 Å². The lowest BCUT2D eigenvalue weighted by Gasteiger charge is -2.16. The zero-order valence-corrected chi connectivity index (χ0v) is 11.0. The molecule has 2 rings (SSSR count). The molecule has 0 bridgehead atoms. The van der Waals surface area contributed by atoms with Gasteiger partial charge in [-0.25, -0.2) is 4.98 Å². The molecular formula is C9H12BrN3O2S. The molecule has 0 spiro atoms. The van der Waals surface area contributed by atoms with Crippen molar-refractivity contribution >= 4 is 32.0 Å². The van der Waals surface area contributed by atoms with Crippen molar-refractivity contribution in [3.8, 4) is 0 Å². The van der Waals surface area contributed by atoms with E-state index >= 15 is 0 Å². The van der Waals surface area contributed by atoms with Gasteiger partial charge in [0, 0.05) is 19.3 Å². The lowest BCUT2D eigenvalue weighted by Crippen LogP contribution is -2.33. The smallest absolute Gasteiger partial charge is 0.254 e. The molecule has 1 aromatic heterocycles. The minimum absolute atomic E-state index is 0.328. The van der Waals surface area contributed by atoms with Crippen molar-refractivity contribution in [1.82, 2.24) is 9.29 Å². The van der Waals surface area contributed by atoms with Gasteiger partial charge in [0.25, 0.3) is 0 Å². The van der Waals surface area contributed by atoms with Gasteiger partial charge in [-0.3, -0.25) is 4.72 Å². The molecule has 88 valence electrons. The van der Waals surface area contributed by atoms with Gasteiger partial charge in [0.1, 0.15) is 0 Å². The summed E-state index contributed by atoms with van der Waals surface area (Å²) in [5, 5.41) is 0. The Morgan fingerprint density at radius 2 is 2.06 bits per heavy atom. The van der Waals surface area contributed by atoms with Crippen LogP contribution in [-0.4, -0.2) is 30.8 Å². The number of aromatic nitrogens is 1. The van der Waals surface area contributed by atoms with Crippen molar-refractivity contribution < 1.29 is 8.42 Å². The van der Waals surface area contributed by atoms with E-state index in [-0.39, 0.29) is 0 Å². The van der Waals surface area contributed by atoms with Gasteiger partial charge in [-0.15, -0.1) is 0 Å². The van der Waals surface area contributed by atoms with E-state index < -0.39 is 10.2 Å². The SMILES string of the molecule is O=S(=O)(Nc1ncccc1Br)N1CCCC1. The summed E-state index contributed by atoms with van der Waals surface area (Å²) in [4.78, 5) is 3.97. The highest BCUT2D eigenvalue weighted by Crippen LogP contribution is 2.21. The van der Waals surface area contributed by atoms with Crippen molar-refractivity contribution in [3.63, 3.8) is 0 Å². The zero-order chi connectivity index (χ0) is 11.6. The number of halogens is 1. The Bertz CT molecular complexity index is 471. The van der Waals surface area contributed by atoms with Crippen LogP contribution in [0.5, 0.6) is 0 Å². The molecule has 1 saturated heterocycles. The summed E-state index contributed by atoms with van der Waals surface area (Å²) in [6.07, 6.45) is 3.39. The number of pyridine rings is 1. The lowest BCUT2D eigenvalue weighted by molar-refractivity contribution is 0.482. The third-order valence-electron chi connectivity index (χ3n) is 2.39. The Labute approximate surface area is 103 Å². The van der Waals surface area contributed by atoms with Crippen LogP contribution in [-0.2, 0) is 10.2 Å². The Morgan fingerprint density at radius 1 is 1.38 bits per heavy atom. The van der Waals surface area contributed by atoms with Gasteiger partial charge in [0.05, 0.1) is 4.47 Å².